The lowest BCUT2D eigenvalue weighted by atomic mass is 10.2. The Morgan fingerprint density at radius 1 is 1.45 bits per heavy atom. The van der Waals surface area contributed by atoms with E-state index in [0.717, 1.165) is 0 Å². The fraction of sp³-hybridized carbons (Fsp3) is 0.167. The van der Waals surface area contributed by atoms with Gasteiger partial charge in [0.1, 0.15) is 0 Å². The van der Waals surface area contributed by atoms with Gasteiger partial charge >= 0.3 is 0 Å². The zero-order valence-electron chi connectivity index (χ0n) is 10.5. The predicted octanol–water partition coefficient (Wildman–Crippen LogP) is 0.451. The van der Waals surface area contributed by atoms with E-state index >= 15 is 0 Å². The van der Waals surface area contributed by atoms with Crippen LogP contribution < -0.4 is 5.73 Å². The summed E-state index contributed by atoms with van der Waals surface area (Å²) in [6, 6.07) is 6.00. The van der Waals surface area contributed by atoms with Crippen molar-refractivity contribution in [3.8, 4) is 0 Å². The molecule has 2 aromatic rings. The minimum Gasteiger partial charge on any atom is -0.409 e. The third kappa shape index (κ3) is 3.15. The van der Waals surface area contributed by atoms with Crippen molar-refractivity contribution in [1.29, 1.82) is 0 Å². The van der Waals surface area contributed by atoms with Crippen molar-refractivity contribution in [2.45, 2.75) is 11.4 Å². The number of rotatable bonds is 5. The molecule has 1 heterocycles. The zero-order chi connectivity index (χ0) is 14.6. The lowest BCUT2D eigenvalue weighted by molar-refractivity contribution is 0.318. The summed E-state index contributed by atoms with van der Waals surface area (Å²) in [5.41, 5.74) is 5.81. The van der Waals surface area contributed by atoms with Crippen molar-refractivity contribution in [1.82, 2.24) is 9.55 Å². The Kier molecular flexibility index (Phi) is 4.04. The van der Waals surface area contributed by atoms with Crippen molar-refractivity contribution in [2.75, 3.05) is 5.75 Å². The first-order chi connectivity index (χ1) is 9.53. The molecule has 0 radical (unpaired) electrons. The average Bonchev–Trinajstić information content (AvgIpc) is 2.98. The average molecular weight is 294 g/mol. The van der Waals surface area contributed by atoms with Crippen molar-refractivity contribution in [3.63, 3.8) is 0 Å². The van der Waals surface area contributed by atoms with E-state index in [0.29, 0.717) is 12.1 Å². The second-order valence-electron chi connectivity index (χ2n) is 4.13. The molecule has 0 saturated heterocycles. The molecule has 0 aliphatic rings. The zero-order valence-corrected chi connectivity index (χ0v) is 11.4. The quantitative estimate of drug-likeness (QED) is 0.360. The maximum absolute atomic E-state index is 12.2. The Morgan fingerprint density at radius 2 is 2.25 bits per heavy atom. The third-order valence-electron chi connectivity index (χ3n) is 2.77. The van der Waals surface area contributed by atoms with E-state index in [1.807, 2.05) is 0 Å². The molecule has 3 N–H and O–H groups in total. The fourth-order valence-electron chi connectivity index (χ4n) is 1.67. The van der Waals surface area contributed by atoms with Gasteiger partial charge < -0.3 is 15.5 Å². The molecule has 20 heavy (non-hydrogen) atoms. The first-order valence-electron chi connectivity index (χ1n) is 5.79. The van der Waals surface area contributed by atoms with E-state index in [4.69, 9.17) is 10.9 Å². The maximum Gasteiger partial charge on any atom is 0.180 e. The minimum atomic E-state index is -3.44. The first-order valence-corrected chi connectivity index (χ1v) is 7.44. The van der Waals surface area contributed by atoms with Gasteiger partial charge in [-0.05, 0) is 12.1 Å². The number of hydrogen-bond acceptors (Lipinski definition) is 5. The van der Waals surface area contributed by atoms with Crippen LogP contribution in [0.2, 0.25) is 0 Å². The van der Waals surface area contributed by atoms with Crippen molar-refractivity contribution >= 4 is 15.7 Å². The summed E-state index contributed by atoms with van der Waals surface area (Å²) in [5, 5.41) is 11.5. The van der Waals surface area contributed by atoms with Crippen LogP contribution in [0.3, 0.4) is 0 Å². The summed E-state index contributed by atoms with van der Waals surface area (Å²) in [5.74, 6) is -0.181. The second kappa shape index (κ2) is 5.74. The number of nitrogens with two attached hydrogens (primary N) is 1. The number of hydrogen-bond donors (Lipinski definition) is 2. The van der Waals surface area contributed by atoms with Gasteiger partial charge in [-0.1, -0.05) is 17.3 Å². The largest absolute Gasteiger partial charge is 0.409 e. The highest BCUT2D eigenvalue weighted by atomic mass is 32.2. The number of nitrogens with zero attached hydrogens (tertiary/aromatic N) is 3. The van der Waals surface area contributed by atoms with Crippen LogP contribution in [0.1, 0.15) is 5.56 Å². The summed E-state index contributed by atoms with van der Waals surface area (Å²) < 4.78 is 26.1. The van der Waals surface area contributed by atoms with E-state index < -0.39 is 9.84 Å². The molecule has 0 atom stereocenters. The highest BCUT2D eigenvalue weighted by Crippen LogP contribution is 2.14. The van der Waals surface area contributed by atoms with Crippen LogP contribution in [0.4, 0.5) is 0 Å². The number of benzene rings is 1. The SMILES string of the molecule is N/C(=N/O)c1cccc(S(=O)(=O)CCn2ccnc2)c1. The smallest absolute Gasteiger partial charge is 0.180 e. The number of oxime groups is 1. The lowest BCUT2D eigenvalue weighted by Crippen LogP contribution is -2.16. The maximum atomic E-state index is 12.2. The summed E-state index contributed by atoms with van der Waals surface area (Å²) in [4.78, 5) is 3.99. The van der Waals surface area contributed by atoms with Crippen LogP contribution in [-0.4, -0.2) is 34.8 Å². The van der Waals surface area contributed by atoms with Crippen LogP contribution >= 0.6 is 0 Å². The van der Waals surface area contributed by atoms with Gasteiger partial charge in [-0.25, -0.2) is 13.4 Å². The van der Waals surface area contributed by atoms with Crippen LogP contribution in [0.15, 0.2) is 53.0 Å². The topological polar surface area (TPSA) is 111 Å². The Labute approximate surface area is 116 Å². The number of sulfone groups is 1. The van der Waals surface area contributed by atoms with Gasteiger partial charge in [0.2, 0.25) is 0 Å². The summed E-state index contributed by atoms with van der Waals surface area (Å²) in [7, 11) is -3.44. The molecule has 0 aliphatic heterocycles. The minimum absolute atomic E-state index is 0.0526. The molecule has 0 unspecified atom stereocenters. The molecule has 2 rings (SSSR count). The van der Waals surface area contributed by atoms with Gasteiger partial charge in [-0.3, -0.25) is 0 Å². The van der Waals surface area contributed by atoms with Crippen LogP contribution in [-0.2, 0) is 16.4 Å². The molecule has 8 heteroatoms. The van der Waals surface area contributed by atoms with Gasteiger partial charge in [0, 0.05) is 24.5 Å². The first kappa shape index (κ1) is 14.1. The van der Waals surface area contributed by atoms with Crippen molar-refractivity contribution in [3.05, 3.63) is 48.5 Å². The Morgan fingerprint density at radius 3 is 2.90 bits per heavy atom. The number of aromatic nitrogens is 2. The molecule has 0 spiro atoms. The molecule has 1 aromatic carbocycles. The number of amidine groups is 1. The summed E-state index contributed by atoms with van der Waals surface area (Å²) in [6.45, 7) is 0.316. The summed E-state index contributed by atoms with van der Waals surface area (Å²) in [6.07, 6.45) is 4.84. The highest BCUT2D eigenvalue weighted by Gasteiger charge is 2.15. The van der Waals surface area contributed by atoms with E-state index in [9.17, 15) is 8.42 Å². The Hall–Kier alpha value is -2.35. The van der Waals surface area contributed by atoms with Gasteiger partial charge in [-0.15, -0.1) is 0 Å². The van der Waals surface area contributed by atoms with Gasteiger partial charge in [-0.2, -0.15) is 0 Å². The molecule has 0 aliphatic carbocycles. The molecule has 0 amide bonds. The van der Waals surface area contributed by atoms with E-state index in [2.05, 4.69) is 10.1 Å². The lowest BCUT2D eigenvalue weighted by Gasteiger charge is -2.07. The van der Waals surface area contributed by atoms with E-state index in [-0.39, 0.29) is 16.5 Å². The van der Waals surface area contributed by atoms with Crippen LogP contribution in [0.5, 0.6) is 0 Å². The molecular formula is C12H14N4O3S. The number of imidazole rings is 1. The second-order valence-corrected chi connectivity index (χ2v) is 6.24. The predicted molar refractivity (Wildman–Crippen MR) is 73.2 cm³/mol. The van der Waals surface area contributed by atoms with Crippen molar-refractivity contribution < 1.29 is 13.6 Å². The molecule has 0 saturated carbocycles. The van der Waals surface area contributed by atoms with Crippen molar-refractivity contribution in [2.24, 2.45) is 10.9 Å². The Bertz CT molecular complexity index is 708. The molecule has 106 valence electrons. The third-order valence-corrected chi connectivity index (χ3v) is 4.47. The highest BCUT2D eigenvalue weighted by molar-refractivity contribution is 7.91. The van der Waals surface area contributed by atoms with Gasteiger partial charge in [0.15, 0.2) is 15.7 Å². The normalized spacial score (nSPS) is 12.5. The summed E-state index contributed by atoms with van der Waals surface area (Å²) >= 11 is 0. The van der Waals surface area contributed by atoms with Crippen LogP contribution in [0, 0.1) is 0 Å². The Balaban J connectivity index is 2.21. The molecule has 0 fully saturated rings. The fourth-order valence-corrected chi connectivity index (χ4v) is 2.95. The van der Waals surface area contributed by atoms with E-state index in [1.54, 1.807) is 35.4 Å². The molecule has 1 aromatic heterocycles. The number of aryl methyl sites for hydroxylation is 1. The monoisotopic (exact) mass is 294 g/mol. The standard InChI is InChI=1S/C12H14N4O3S/c13-12(15-17)10-2-1-3-11(8-10)20(18,19)7-6-16-5-4-14-9-16/h1-5,8-9,17H,6-7H2,(H2,13,15). The molecule has 7 nitrogen and oxygen atoms in total. The molecular weight excluding hydrogens is 280 g/mol. The van der Waals surface area contributed by atoms with Gasteiger partial charge in [0.05, 0.1) is 17.0 Å². The van der Waals surface area contributed by atoms with E-state index in [1.165, 1.54) is 12.1 Å². The molecule has 0 bridgehead atoms. The van der Waals surface area contributed by atoms with Crippen LogP contribution in [0.25, 0.3) is 0 Å². The van der Waals surface area contributed by atoms with Gasteiger partial charge in [0.25, 0.3) is 0 Å².